The van der Waals surface area contributed by atoms with Crippen LogP contribution < -0.4 is 0 Å². The van der Waals surface area contributed by atoms with E-state index < -0.39 is 5.97 Å². The van der Waals surface area contributed by atoms with Gasteiger partial charge in [-0.3, -0.25) is 4.98 Å². The predicted octanol–water partition coefficient (Wildman–Crippen LogP) is 3.10. The summed E-state index contributed by atoms with van der Waals surface area (Å²) in [5.74, 6) is -0.905. The predicted molar refractivity (Wildman–Crippen MR) is 80.6 cm³/mol. The van der Waals surface area contributed by atoms with Crippen LogP contribution in [0, 0.1) is 0 Å². The zero-order valence-corrected chi connectivity index (χ0v) is 11.6. The second-order valence-electron chi connectivity index (χ2n) is 5.34. The molecule has 2 heterocycles. The lowest BCUT2D eigenvalue weighted by Gasteiger charge is -2.04. The molecule has 4 rings (SSSR count). The van der Waals surface area contributed by atoms with Gasteiger partial charge in [-0.2, -0.15) is 0 Å². The van der Waals surface area contributed by atoms with Crippen LogP contribution in [0.15, 0.2) is 46.8 Å². The van der Waals surface area contributed by atoms with E-state index in [0.717, 1.165) is 39.9 Å². The largest absolute Gasteiger partial charge is 0.478 e. The molecule has 1 aliphatic carbocycles. The third-order valence-electron chi connectivity index (χ3n) is 3.89. The number of allylic oxidation sites excluding steroid dienone is 1. The minimum absolute atomic E-state index is 0.336. The van der Waals surface area contributed by atoms with E-state index in [2.05, 4.69) is 9.97 Å². The van der Waals surface area contributed by atoms with Crippen molar-refractivity contribution in [1.29, 1.82) is 0 Å². The molecule has 0 amide bonds. The van der Waals surface area contributed by atoms with Crippen LogP contribution >= 0.6 is 0 Å². The molecule has 0 spiro atoms. The minimum Gasteiger partial charge on any atom is -0.478 e. The molecule has 2 aromatic heterocycles. The fourth-order valence-corrected chi connectivity index (χ4v) is 2.88. The van der Waals surface area contributed by atoms with Crippen molar-refractivity contribution in [2.45, 2.75) is 12.8 Å². The Morgan fingerprint density at radius 2 is 2.18 bits per heavy atom. The van der Waals surface area contributed by atoms with Crippen LogP contribution in [0.2, 0.25) is 0 Å². The molecule has 0 radical (unpaired) electrons. The Morgan fingerprint density at radius 3 is 3.05 bits per heavy atom. The average molecular weight is 292 g/mol. The third-order valence-corrected chi connectivity index (χ3v) is 3.89. The number of pyridine rings is 1. The summed E-state index contributed by atoms with van der Waals surface area (Å²) in [6.07, 6.45) is 6.33. The van der Waals surface area contributed by atoms with Gasteiger partial charge in [-0.1, -0.05) is 11.6 Å². The maximum atomic E-state index is 11.3. The molecule has 22 heavy (non-hydrogen) atoms. The molecular formula is C17H12N2O3. The highest BCUT2D eigenvalue weighted by Crippen LogP contribution is 2.29. The number of carboxylic acid groups (broad SMARTS) is 1. The summed E-state index contributed by atoms with van der Waals surface area (Å²) in [6, 6.07) is 7.46. The Bertz CT molecular complexity index is 925. The van der Waals surface area contributed by atoms with E-state index in [0.29, 0.717) is 12.0 Å². The first-order valence-electron chi connectivity index (χ1n) is 6.93. The minimum atomic E-state index is -0.905. The maximum absolute atomic E-state index is 11.3. The van der Waals surface area contributed by atoms with Gasteiger partial charge < -0.3 is 9.52 Å². The third kappa shape index (κ3) is 2.07. The highest BCUT2D eigenvalue weighted by atomic mass is 16.4. The molecule has 1 N–H and O–H groups in total. The lowest BCUT2D eigenvalue weighted by Crippen LogP contribution is -2.03. The van der Waals surface area contributed by atoms with E-state index in [9.17, 15) is 9.90 Å². The summed E-state index contributed by atoms with van der Waals surface area (Å²) < 4.78 is 5.23. The van der Waals surface area contributed by atoms with Gasteiger partial charge >= 0.3 is 5.97 Å². The number of carbonyl (C=O) groups is 1. The Labute approximate surface area is 125 Å². The van der Waals surface area contributed by atoms with Gasteiger partial charge in [0.2, 0.25) is 0 Å². The van der Waals surface area contributed by atoms with Gasteiger partial charge in [0.05, 0.1) is 11.3 Å². The molecule has 3 aromatic rings. The summed E-state index contributed by atoms with van der Waals surface area (Å²) in [5, 5.41) is 9.25. The molecule has 1 aliphatic rings. The molecule has 0 bridgehead atoms. The van der Waals surface area contributed by atoms with Crippen LogP contribution in [-0.2, 0) is 12.8 Å². The molecule has 0 aliphatic heterocycles. The second-order valence-corrected chi connectivity index (χ2v) is 5.34. The van der Waals surface area contributed by atoms with Gasteiger partial charge in [-0.15, -0.1) is 0 Å². The van der Waals surface area contributed by atoms with Crippen molar-refractivity contribution in [3.63, 3.8) is 0 Å². The number of oxazole rings is 1. The van der Waals surface area contributed by atoms with E-state index in [1.807, 2.05) is 24.3 Å². The van der Waals surface area contributed by atoms with Gasteiger partial charge in [-0.25, -0.2) is 9.78 Å². The van der Waals surface area contributed by atoms with Crippen molar-refractivity contribution < 1.29 is 14.3 Å². The van der Waals surface area contributed by atoms with Gasteiger partial charge in [-0.05, 0) is 48.2 Å². The van der Waals surface area contributed by atoms with Gasteiger partial charge in [0, 0.05) is 6.20 Å². The Morgan fingerprint density at radius 1 is 1.27 bits per heavy atom. The standard InChI is InChI=1S/C17H12N2O3/c20-17(21)12-3-4-18-14-8-11(6-13(12)14)5-10-1-2-16-15(7-10)19-9-22-16/h1-4,7-9H,5-6H2,(H,20,21). The SMILES string of the molecule is O=C(O)c1ccnc2c1CC(Cc1ccc3ocnc3c1)=C2. The Balaban J connectivity index is 1.63. The number of benzene rings is 1. The summed E-state index contributed by atoms with van der Waals surface area (Å²) >= 11 is 0. The van der Waals surface area contributed by atoms with Crippen LogP contribution in [0.5, 0.6) is 0 Å². The summed E-state index contributed by atoms with van der Waals surface area (Å²) in [6.45, 7) is 0. The van der Waals surface area contributed by atoms with E-state index in [1.54, 1.807) is 12.3 Å². The highest BCUT2D eigenvalue weighted by Gasteiger charge is 2.20. The summed E-state index contributed by atoms with van der Waals surface area (Å²) in [4.78, 5) is 19.7. The Hall–Kier alpha value is -2.95. The molecule has 0 saturated carbocycles. The van der Waals surface area contributed by atoms with E-state index in [4.69, 9.17) is 4.42 Å². The summed E-state index contributed by atoms with van der Waals surface area (Å²) in [5.41, 5.74) is 5.77. The molecule has 5 nitrogen and oxygen atoms in total. The number of carboxylic acids is 1. The molecule has 1 aromatic carbocycles. The average Bonchev–Trinajstić information content (AvgIpc) is 3.11. The maximum Gasteiger partial charge on any atom is 0.336 e. The van der Waals surface area contributed by atoms with Crippen molar-refractivity contribution in [1.82, 2.24) is 9.97 Å². The van der Waals surface area contributed by atoms with Crippen molar-refractivity contribution in [2.24, 2.45) is 0 Å². The fourth-order valence-electron chi connectivity index (χ4n) is 2.88. The number of aromatic nitrogens is 2. The van der Waals surface area contributed by atoms with Gasteiger partial charge in [0.1, 0.15) is 5.52 Å². The zero-order chi connectivity index (χ0) is 15.1. The highest BCUT2D eigenvalue weighted by molar-refractivity contribution is 5.91. The zero-order valence-electron chi connectivity index (χ0n) is 11.6. The monoisotopic (exact) mass is 292 g/mol. The molecule has 0 fully saturated rings. The second kappa shape index (κ2) is 4.80. The molecule has 0 saturated heterocycles. The van der Waals surface area contributed by atoms with Crippen LogP contribution in [0.3, 0.4) is 0 Å². The first kappa shape index (κ1) is 12.8. The number of nitrogens with zero attached hydrogens (tertiary/aromatic N) is 2. The Kier molecular flexibility index (Phi) is 2.79. The van der Waals surface area contributed by atoms with E-state index in [-0.39, 0.29) is 0 Å². The van der Waals surface area contributed by atoms with Crippen molar-refractivity contribution in [2.75, 3.05) is 0 Å². The van der Waals surface area contributed by atoms with Crippen LogP contribution in [0.25, 0.3) is 17.2 Å². The van der Waals surface area contributed by atoms with Crippen LogP contribution in [0.4, 0.5) is 0 Å². The smallest absolute Gasteiger partial charge is 0.336 e. The molecule has 5 heteroatoms. The van der Waals surface area contributed by atoms with Gasteiger partial charge in [0.25, 0.3) is 0 Å². The van der Waals surface area contributed by atoms with Gasteiger partial charge in [0.15, 0.2) is 12.0 Å². The number of aromatic carboxylic acids is 1. The topological polar surface area (TPSA) is 76.2 Å². The van der Waals surface area contributed by atoms with Crippen LogP contribution in [-0.4, -0.2) is 21.0 Å². The molecule has 0 atom stereocenters. The van der Waals surface area contributed by atoms with E-state index in [1.165, 1.54) is 6.39 Å². The molecular weight excluding hydrogens is 280 g/mol. The summed E-state index contributed by atoms with van der Waals surface area (Å²) in [7, 11) is 0. The number of hydrogen-bond acceptors (Lipinski definition) is 4. The van der Waals surface area contributed by atoms with Crippen LogP contribution in [0.1, 0.15) is 27.2 Å². The molecule has 0 unspecified atom stereocenters. The lowest BCUT2D eigenvalue weighted by atomic mass is 10.0. The van der Waals surface area contributed by atoms with Crippen molar-refractivity contribution in [3.05, 3.63) is 64.8 Å². The van der Waals surface area contributed by atoms with Crippen molar-refractivity contribution in [3.8, 4) is 0 Å². The number of fused-ring (bicyclic) bond motifs is 2. The first-order valence-corrected chi connectivity index (χ1v) is 6.93. The molecule has 108 valence electrons. The lowest BCUT2D eigenvalue weighted by molar-refractivity contribution is 0.0695. The number of hydrogen-bond donors (Lipinski definition) is 1. The first-order chi connectivity index (χ1) is 10.7. The normalized spacial score (nSPS) is 13.2. The van der Waals surface area contributed by atoms with E-state index >= 15 is 0 Å². The van der Waals surface area contributed by atoms with Crippen molar-refractivity contribution >= 4 is 23.1 Å². The quantitative estimate of drug-likeness (QED) is 0.802. The fraction of sp³-hybridized carbons (Fsp3) is 0.118. The number of rotatable bonds is 3.